The fourth-order valence-corrected chi connectivity index (χ4v) is 8.63. The van der Waals surface area contributed by atoms with Gasteiger partial charge in [-0.1, -0.05) is 23.9 Å². The largest absolute Gasteiger partial charge is 0.478 e. The number of aromatic nitrogens is 5. The van der Waals surface area contributed by atoms with Gasteiger partial charge in [-0.3, -0.25) is 14.5 Å². The highest BCUT2D eigenvalue weighted by atomic mass is 32.2. The van der Waals surface area contributed by atoms with Crippen LogP contribution in [0, 0.1) is 0 Å². The molecule has 0 bridgehead atoms. The van der Waals surface area contributed by atoms with Crippen molar-refractivity contribution in [1.29, 1.82) is 0 Å². The van der Waals surface area contributed by atoms with Gasteiger partial charge in [0.2, 0.25) is 11.1 Å². The number of carboxylic acids is 2. The highest BCUT2D eigenvalue weighted by Crippen LogP contribution is 2.43. The van der Waals surface area contributed by atoms with Gasteiger partial charge in [0.1, 0.15) is 22.4 Å². The Balaban J connectivity index is 1.31. The molecular weight excluding hydrogens is 651 g/mol. The van der Waals surface area contributed by atoms with Crippen LogP contribution in [0.5, 0.6) is 0 Å². The van der Waals surface area contributed by atoms with Gasteiger partial charge in [-0.15, -0.1) is 40.0 Å². The van der Waals surface area contributed by atoms with E-state index in [0.717, 1.165) is 29.6 Å². The molecule has 232 valence electrons. The molecule has 0 radical (unpaired) electrons. The van der Waals surface area contributed by atoms with E-state index in [9.17, 15) is 29.4 Å². The van der Waals surface area contributed by atoms with E-state index >= 15 is 0 Å². The summed E-state index contributed by atoms with van der Waals surface area (Å²) in [5.41, 5.74) is 6.57. The Hall–Kier alpha value is -3.65. The third-order valence-electron chi connectivity index (χ3n) is 6.59. The highest BCUT2D eigenvalue weighted by molar-refractivity contribution is 8.01. The number of rotatable bonds is 13. The maximum Gasteiger partial charge on any atom is 0.352 e. The van der Waals surface area contributed by atoms with Gasteiger partial charge in [0, 0.05) is 28.3 Å². The average Bonchev–Trinajstić information content (AvgIpc) is 3.64. The number of aromatic carboxylic acids is 1. The van der Waals surface area contributed by atoms with Crippen LogP contribution >= 0.6 is 46.6 Å². The van der Waals surface area contributed by atoms with E-state index in [0.29, 0.717) is 33.6 Å². The Morgan fingerprint density at radius 3 is 2.68 bits per heavy atom. The van der Waals surface area contributed by atoms with Gasteiger partial charge in [-0.25, -0.2) is 19.3 Å². The summed E-state index contributed by atoms with van der Waals surface area (Å²) < 4.78 is 1.64. The maximum absolute atomic E-state index is 13.6. The summed E-state index contributed by atoms with van der Waals surface area (Å²) in [4.78, 5) is 58.8. The van der Waals surface area contributed by atoms with E-state index in [1.165, 1.54) is 34.5 Å². The molecule has 5 N–H and O–H groups in total. The molecule has 1 saturated heterocycles. The van der Waals surface area contributed by atoms with Crippen LogP contribution in [0.4, 0.5) is 5.13 Å². The van der Waals surface area contributed by atoms with Gasteiger partial charge in [0.25, 0.3) is 5.91 Å². The number of tetrazole rings is 1. The summed E-state index contributed by atoms with van der Waals surface area (Å²) in [5.74, 6) is -2.95. The SMILES string of the molecule is CN(C)CCn1nnnc1SCC1=C(C(=O)O)N2C(=O)C(NC(=O)C(Sc3ccccc3C(=O)O)c3csc(N)n3)[C@@H]2SC1. The number of nitrogens with zero attached hydrogens (tertiary/aromatic N) is 7. The molecule has 4 heterocycles. The van der Waals surface area contributed by atoms with E-state index in [1.54, 1.807) is 28.3 Å². The normalized spacial score (nSPS) is 18.6. The summed E-state index contributed by atoms with van der Waals surface area (Å²) in [6, 6.07) is 5.27. The highest BCUT2D eigenvalue weighted by Gasteiger charge is 2.54. The number of β-lactam (4-membered cyclic amide) rings is 1. The number of hydrogen-bond acceptors (Lipinski definition) is 14. The second-order valence-electron chi connectivity index (χ2n) is 9.84. The Kier molecular flexibility index (Phi) is 9.78. The summed E-state index contributed by atoms with van der Waals surface area (Å²) >= 11 is 4.74. The van der Waals surface area contributed by atoms with Gasteiger partial charge >= 0.3 is 11.9 Å². The van der Waals surface area contributed by atoms with Crippen LogP contribution in [0.25, 0.3) is 0 Å². The van der Waals surface area contributed by atoms with Crippen molar-refractivity contribution in [3.63, 3.8) is 0 Å². The molecule has 15 nitrogen and oxygen atoms in total. The first-order chi connectivity index (χ1) is 21.0. The predicted molar refractivity (Wildman–Crippen MR) is 165 cm³/mol. The van der Waals surface area contributed by atoms with Crippen molar-refractivity contribution in [3.8, 4) is 0 Å². The molecule has 3 atom stereocenters. The van der Waals surface area contributed by atoms with Gasteiger partial charge < -0.3 is 26.2 Å². The zero-order valence-corrected chi connectivity index (χ0v) is 26.6. The number of nitrogens with one attached hydrogen (secondary N) is 1. The Labute approximate surface area is 267 Å². The minimum Gasteiger partial charge on any atom is -0.478 e. The zero-order valence-electron chi connectivity index (χ0n) is 23.3. The second-order valence-corrected chi connectivity index (χ2v) is 13.9. The number of hydrogen-bond donors (Lipinski definition) is 4. The first-order valence-electron chi connectivity index (χ1n) is 13.0. The standard InChI is InChI=1S/C25H27N9O6S4/c1-32(2)7-8-33-25(29-30-31-33)43-10-12-9-41-21-16(20(36)34(21)17(12)23(39)40)28-19(35)18(14-11-42-24(26)27-14)44-15-6-4-3-5-13(15)22(37)38/h3-6,11,16,18,21H,7-10H2,1-2H3,(H2,26,27)(H,28,35)(H,37,38)(H,39,40)/t16?,18?,21-/m0/s1. The topological polar surface area (TPSA) is 210 Å². The second kappa shape index (κ2) is 13.6. The molecule has 1 fully saturated rings. The van der Waals surface area contributed by atoms with Crippen LogP contribution in [0.3, 0.4) is 0 Å². The number of aliphatic carboxylic acids is 1. The van der Waals surface area contributed by atoms with Crippen LogP contribution in [0.15, 0.2) is 51.0 Å². The number of thioether (sulfide) groups is 3. The molecule has 2 amide bonds. The first-order valence-corrected chi connectivity index (χ1v) is 16.8. The smallest absolute Gasteiger partial charge is 0.352 e. The number of carbonyl (C=O) groups excluding carboxylic acids is 2. The van der Waals surface area contributed by atoms with Crippen molar-refractivity contribution in [3.05, 3.63) is 52.2 Å². The van der Waals surface area contributed by atoms with Gasteiger partial charge in [0.15, 0.2) is 5.13 Å². The minimum atomic E-state index is -1.24. The number of benzene rings is 1. The Bertz CT molecular complexity index is 1630. The molecule has 0 aliphatic carbocycles. The first kappa shape index (κ1) is 31.8. The van der Waals surface area contributed by atoms with Crippen LogP contribution < -0.4 is 11.1 Å². The minimum absolute atomic E-state index is 0.0144. The number of carboxylic acid groups (broad SMARTS) is 2. The number of amides is 2. The van der Waals surface area contributed by atoms with E-state index < -0.39 is 40.4 Å². The average molecular weight is 678 g/mol. The van der Waals surface area contributed by atoms with Crippen LogP contribution in [0.1, 0.15) is 21.3 Å². The maximum atomic E-state index is 13.6. The molecule has 2 aliphatic rings. The summed E-state index contributed by atoms with van der Waals surface area (Å²) in [5, 5.41) is 34.9. The molecule has 19 heteroatoms. The van der Waals surface area contributed by atoms with Crippen molar-refractivity contribution >= 4 is 75.5 Å². The molecule has 0 spiro atoms. The lowest BCUT2D eigenvalue weighted by atomic mass is 10.0. The number of thiazole rings is 1. The number of carbonyl (C=O) groups is 4. The molecule has 2 aliphatic heterocycles. The Morgan fingerprint density at radius 1 is 1.23 bits per heavy atom. The third kappa shape index (κ3) is 6.70. The lowest BCUT2D eigenvalue weighted by Crippen LogP contribution is -2.70. The quantitative estimate of drug-likeness (QED) is 0.149. The molecular formula is C25H27N9O6S4. The molecule has 3 aromatic rings. The summed E-state index contributed by atoms with van der Waals surface area (Å²) in [6.45, 7) is 1.28. The molecule has 1 aromatic carbocycles. The van der Waals surface area contributed by atoms with Crippen molar-refractivity contribution in [2.45, 2.75) is 33.3 Å². The van der Waals surface area contributed by atoms with Crippen molar-refractivity contribution in [2.24, 2.45) is 0 Å². The molecule has 0 saturated carbocycles. The Morgan fingerprint density at radius 2 is 2.00 bits per heavy atom. The van der Waals surface area contributed by atoms with Gasteiger partial charge in [-0.2, -0.15) is 0 Å². The molecule has 5 rings (SSSR count). The van der Waals surface area contributed by atoms with E-state index in [2.05, 4.69) is 25.8 Å². The van der Waals surface area contributed by atoms with Crippen molar-refractivity contribution in [1.82, 2.24) is 40.3 Å². The number of nitrogens with two attached hydrogens (primary N) is 1. The number of fused-ring (bicyclic) bond motifs is 1. The molecule has 44 heavy (non-hydrogen) atoms. The number of anilines is 1. The number of likely N-dealkylation sites (N-methyl/N-ethyl adjacent to an activating group) is 1. The summed E-state index contributed by atoms with van der Waals surface area (Å²) in [7, 11) is 3.87. The molecule has 2 aromatic heterocycles. The van der Waals surface area contributed by atoms with Crippen molar-refractivity contribution in [2.75, 3.05) is 37.9 Å². The fraction of sp³-hybridized carbons (Fsp3) is 0.360. The van der Waals surface area contributed by atoms with Crippen LogP contribution in [-0.2, 0) is 20.9 Å². The van der Waals surface area contributed by atoms with Crippen LogP contribution in [0.2, 0.25) is 0 Å². The van der Waals surface area contributed by atoms with E-state index in [4.69, 9.17) is 5.73 Å². The lowest BCUT2D eigenvalue weighted by Gasteiger charge is -2.49. The van der Waals surface area contributed by atoms with Crippen molar-refractivity contribution < 1.29 is 29.4 Å². The predicted octanol–water partition coefficient (Wildman–Crippen LogP) is 1.34. The van der Waals surface area contributed by atoms with Crippen LogP contribution in [-0.4, -0.2) is 113 Å². The fourth-order valence-electron chi connectivity index (χ4n) is 4.45. The number of nitrogen functional groups attached to an aromatic ring is 1. The van der Waals surface area contributed by atoms with Gasteiger partial charge in [0.05, 0.1) is 17.8 Å². The third-order valence-corrected chi connectivity index (χ3v) is 11.0. The van der Waals surface area contributed by atoms with E-state index in [1.807, 2.05) is 19.0 Å². The van der Waals surface area contributed by atoms with Gasteiger partial charge in [-0.05, 0) is 42.2 Å². The van der Waals surface area contributed by atoms with E-state index in [-0.39, 0.29) is 22.1 Å². The monoisotopic (exact) mass is 677 g/mol. The summed E-state index contributed by atoms with van der Waals surface area (Å²) in [6.07, 6.45) is 0. The molecule has 2 unspecified atom stereocenters. The zero-order chi connectivity index (χ0) is 31.5. The lowest BCUT2D eigenvalue weighted by molar-refractivity contribution is -0.150.